The number of carbonyl (C=O) groups excluding carboxylic acids is 1. The third kappa shape index (κ3) is 4.92. The molecule has 0 aromatic heterocycles. The van der Waals surface area contributed by atoms with E-state index in [-0.39, 0.29) is 5.78 Å². The molecule has 0 atom stereocenters. The molecule has 4 aromatic rings. The van der Waals surface area contributed by atoms with Crippen molar-refractivity contribution in [3.8, 4) is 5.75 Å². The van der Waals surface area contributed by atoms with Gasteiger partial charge < -0.3 is 4.74 Å². The lowest BCUT2D eigenvalue weighted by atomic mass is 10.1. The molecule has 0 saturated carbocycles. The Morgan fingerprint density at radius 1 is 0.833 bits per heavy atom. The molecule has 0 N–H and O–H groups in total. The van der Waals surface area contributed by atoms with Gasteiger partial charge in [-0.3, -0.25) is 4.79 Å². The van der Waals surface area contributed by atoms with Crippen LogP contribution in [-0.4, -0.2) is 5.78 Å². The average molecular weight is 616 g/mol. The predicted octanol–water partition coefficient (Wildman–Crippen LogP) is 7.52. The zero-order chi connectivity index (χ0) is 20.9. The van der Waals surface area contributed by atoms with E-state index in [1.165, 1.54) is 10.8 Å². The van der Waals surface area contributed by atoms with Crippen molar-refractivity contribution in [2.24, 2.45) is 0 Å². The highest BCUT2D eigenvalue weighted by molar-refractivity contribution is 14.1. The molecule has 0 aliphatic heterocycles. The van der Waals surface area contributed by atoms with Gasteiger partial charge >= 0.3 is 0 Å². The highest BCUT2D eigenvalue weighted by Crippen LogP contribution is 2.31. The molecule has 0 saturated heterocycles. The third-order valence-corrected chi connectivity index (χ3v) is 6.36. The first-order valence-electron chi connectivity index (χ1n) is 9.48. The smallest absolute Gasteiger partial charge is 0.185 e. The number of hydrogen-bond donors (Lipinski definition) is 0. The maximum Gasteiger partial charge on any atom is 0.185 e. The molecule has 0 radical (unpaired) electrons. The molecule has 0 heterocycles. The molecule has 0 amide bonds. The van der Waals surface area contributed by atoms with E-state index in [4.69, 9.17) is 4.74 Å². The fraction of sp³-hybridized carbons (Fsp3) is 0.0385. The summed E-state index contributed by atoms with van der Waals surface area (Å²) in [6, 6.07) is 28.0. The lowest BCUT2D eigenvalue weighted by Crippen LogP contribution is -2.00. The van der Waals surface area contributed by atoms with Gasteiger partial charge in [-0.1, -0.05) is 78.9 Å². The second kappa shape index (κ2) is 9.75. The topological polar surface area (TPSA) is 26.3 Å². The van der Waals surface area contributed by atoms with Crippen molar-refractivity contribution < 1.29 is 9.53 Å². The summed E-state index contributed by atoms with van der Waals surface area (Å²) in [6.45, 7) is 0.509. The number of allylic oxidation sites excluding steroid dienone is 1. The fourth-order valence-electron chi connectivity index (χ4n) is 3.25. The zero-order valence-corrected chi connectivity index (χ0v) is 20.3. The maximum absolute atomic E-state index is 12.3. The van der Waals surface area contributed by atoms with Crippen molar-refractivity contribution in [2.75, 3.05) is 0 Å². The first-order valence-corrected chi connectivity index (χ1v) is 11.6. The predicted molar refractivity (Wildman–Crippen MR) is 140 cm³/mol. The number of benzene rings is 4. The Labute approximate surface area is 203 Å². The van der Waals surface area contributed by atoms with Crippen LogP contribution in [0.15, 0.2) is 91.0 Å². The van der Waals surface area contributed by atoms with Gasteiger partial charge in [0.1, 0.15) is 12.4 Å². The van der Waals surface area contributed by atoms with Crippen LogP contribution < -0.4 is 4.74 Å². The first-order chi connectivity index (χ1) is 14.6. The van der Waals surface area contributed by atoms with Crippen molar-refractivity contribution in [1.29, 1.82) is 0 Å². The lowest BCUT2D eigenvalue weighted by Gasteiger charge is -2.13. The van der Waals surface area contributed by atoms with Gasteiger partial charge in [0, 0.05) is 5.56 Å². The Hall–Kier alpha value is -2.19. The number of halogens is 2. The summed E-state index contributed by atoms with van der Waals surface area (Å²) >= 11 is 4.58. The summed E-state index contributed by atoms with van der Waals surface area (Å²) in [5.41, 5.74) is 2.83. The largest absolute Gasteiger partial charge is 0.487 e. The van der Waals surface area contributed by atoms with Gasteiger partial charge in [0.15, 0.2) is 5.78 Å². The van der Waals surface area contributed by atoms with E-state index < -0.39 is 0 Å². The number of fused-ring (bicyclic) bond motifs is 1. The van der Waals surface area contributed by atoms with Gasteiger partial charge in [0.2, 0.25) is 0 Å². The third-order valence-electron chi connectivity index (χ3n) is 4.76. The van der Waals surface area contributed by atoms with Crippen LogP contribution in [0.3, 0.4) is 0 Å². The summed E-state index contributed by atoms with van der Waals surface area (Å²) < 4.78 is 8.25. The van der Waals surface area contributed by atoms with Crippen molar-refractivity contribution in [1.82, 2.24) is 0 Å². The number of carbonyl (C=O) groups is 1. The second-order valence-electron chi connectivity index (χ2n) is 6.80. The van der Waals surface area contributed by atoms with Crippen LogP contribution in [0.25, 0.3) is 16.8 Å². The molecule has 4 rings (SSSR count). The monoisotopic (exact) mass is 616 g/mol. The van der Waals surface area contributed by atoms with Gasteiger partial charge in [-0.25, -0.2) is 0 Å². The minimum Gasteiger partial charge on any atom is -0.487 e. The molecule has 30 heavy (non-hydrogen) atoms. The van der Waals surface area contributed by atoms with Crippen LogP contribution in [0.1, 0.15) is 21.5 Å². The molecule has 0 aliphatic rings. The molecular formula is C26H18I2O2. The van der Waals surface area contributed by atoms with Crippen molar-refractivity contribution in [3.63, 3.8) is 0 Å². The second-order valence-corrected chi connectivity index (χ2v) is 9.13. The van der Waals surface area contributed by atoms with Crippen LogP contribution in [0.5, 0.6) is 5.75 Å². The van der Waals surface area contributed by atoms with E-state index >= 15 is 0 Å². The van der Waals surface area contributed by atoms with Gasteiger partial charge in [-0.05, 0) is 85.3 Å². The summed E-state index contributed by atoms with van der Waals surface area (Å²) in [5, 5.41) is 2.43. The molecular weight excluding hydrogens is 598 g/mol. The molecule has 4 aromatic carbocycles. The Morgan fingerprint density at radius 2 is 1.50 bits per heavy atom. The SMILES string of the molecule is O=C(/C=C/c1cc(I)c(OCc2cccc3ccccc23)c(I)c1)c1ccccc1. The molecule has 0 bridgehead atoms. The molecule has 2 nitrogen and oxygen atoms in total. The Kier molecular flexibility index (Phi) is 6.84. The minimum absolute atomic E-state index is 0.00287. The maximum atomic E-state index is 12.3. The van der Waals surface area contributed by atoms with E-state index in [9.17, 15) is 4.79 Å². The highest BCUT2D eigenvalue weighted by Gasteiger charge is 2.10. The standard InChI is InChI=1S/C26H18I2O2/c27-23-15-18(13-14-25(29)20-8-2-1-3-9-20)16-24(28)26(23)30-17-21-11-6-10-19-7-4-5-12-22(19)21/h1-16H,17H2/b14-13+. The van der Waals surface area contributed by atoms with Crippen molar-refractivity contribution in [3.05, 3.63) is 115 Å². The van der Waals surface area contributed by atoms with Gasteiger partial charge in [-0.15, -0.1) is 0 Å². The number of ether oxygens (including phenoxy) is 1. The van der Waals surface area contributed by atoms with E-state index in [2.05, 4.69) is 81.6 Å². The molecule has 0 aliphatic carbocycles. The highest BCUT2D eigenvalue weighted by atomic mass is 127. The van der Waals surface area contributed by atoms with Crippen LogP contribution in [0.4, 0.5) is 0 Å². The average Bonchev–Trinajstić information content (AvgIpc) is 2.77. The van der Waals surface area contributed by atoms with E-state index in [0.717, 1.165) is 24.0 Å². The van der Waals surface area contributed by atoms with E-state index in [0.29, 0.717) is 12.2 Å². The zero-order valence-electron chi connectivity index (χ0n) is 16.0. The fourth-order valence-corrected chi connectivity index (χ4v) is 5.38. The van der Waals surface area contributed by atoms with Gasteiger partial charge in [0.25, 0.3) is 0 Å². The van der Waals surface area contributed by atoms with Gasteiger partial charge in [0.05, 0.1) is 7.14 Å². The molecule has 0 spiro atoms. The van der Waals surface area contributed by atoms with Crippen LogP contribution in [0, 0.1) is 7.14 Å². The molecule has 4 heteroatoms. The summed E-state index contributed by atoms with van der Waals surface area (Å²) in [6.07, 6.45) is 3.47. The quantitative estimate of drug-likeness (QED) is 0.127. The van der Waals surface area contributed by atoms with Crippen LogP contribution in [0.2, 0.25) is 0 Å². The lowest BCUT2D eigenvalue weighted by molar-refractivity contribution is 0.104. The summed E-state index contributed by atoms with van der Waals surface area (Å²) in [5.74, 6) is 0.868. The summed E-state index contributed by atoms with van der Waals surface area (Å²) in [4.78, 5) is 12.3. The number of ketones is 1. The van der Waals surface area contributed by atoms with Gasteiger partial charge in [-0.2, -0.15) is 0 Å². The van der Waals surface area contributed by atoms with Crippen LogP contribution >= 0.6 is 45.2 Å². The normalized spacial score (nSPS) is 11.1. The van der Waals surface area contributed by atoms with E-state index in [1.807, 2.05) is 54.6 Å². The molecule has 0 fully saturated rings. The molecule has 0 unspecified atom stereocenters. The van der Waals surface area contributed by atoms with E-state index in [1.54, 1.807) is 6.08 Å². The molecule has 148 valence electrons. The van der Waals surface area contributed by atoms with Crippen molar-refractivity contribution in [2.45, 2.75) is 6.61 Å². The van der Waals surface area contributed by atoms with Crippen LogP contribution in [-0.2, 0) is 6.61 Å². The number of hydrogen-bond acceptors (Lipinski definition) is 2. The number of rotatable bonds is 6. The Morgan fingerprint density at radius 3 is 2.27 bits per heavy atom. The first kappa shape index (κ1) is 21.1. The van der Waals surface area contributed by atoms with Crippen molar-refractivity contribution >= 4 is 67.8 Å². The Balaban J connectivity index is 1.51. The minimum atomic E-state index is -0.00287. The Bertz CT molecular complexity index is 1200. The summed E-state index contributed by atoms with van der Waals surface area (Å²) in [7, 11) is 0.